The first-order valence-electron chi connectivity index (χ1n) is 13.0. The molecule has 9 nitrogen and oxygen atoms in total. The van der Waals surface area contributed by atoms with Gasteiger partial charge in [0.05, 0.1) is 5.39 Å². The van der Waals surface area contributed by atoms with Crippen molar-refractivity contribution in [1.82, 2.24) is 25.4 Å². The van der Waals surface area contributed by atoms with Gasteiger partial charge in [0.15, 0.2) is 0 Å². The summed E-state index contributed by atoms with van der Waals surface area (Å²) in [6.07, 6.45) is 10.6. The third-order valence-corrected chi connectivity index (χ3v) is 6.80. The van der Waals surface area contributed by atoms with E-state index in [1.807, 2.05) is 29.0 Å². The summed E-state index contributed by atoms with van der Waals surface area (Å²) in [7, 11) is 0. The van der Waals surface area contributed by atoms with E-state index < -0.39 is 11.7 Å². The predicted molar refractivity (Wildman–Crippen MR) is 151 cm³/mol. The number of aromatic nitrogens is 3. The van der Waals surface area contributed by atoms with E-state index in [1.54, 1.807) is 37.3 Å². The second-order valence-electron chi connectivity index (χ2n) is 9.48. The number of fused-ring (bicyclic) bond motifs is 1. The fourth-order valence-corrected chi connectivity index (χ4v) is 4.93. The Bertz CT molecular complexity index is 1600. The summed E-state index contributed by atoms with van der Waals surface area (Å²) in [6, 6.07) is 14.0. The van der Waals surface area contributed by atoms with E-state index in [-0.39, 0.29) is 17.8 Å². The molecule has 4 N–H and O–H groups in total. The van der Waals surface area contributed by atoms with Crippen molar-refractivity contribution in [3.63, 3.8) is 0 Å². The number of ether oxygens (including phenoxy) is 1. The predicted octanol–water partition coefficient (Wildman–Crippen LogP) is 5.38. The Morgan fingerprint density at radius 3 is 2.50 bits per heavy atom. The molecule has 0 spiro atoms. The largest absolute Gasteiger partial charge is 0.457 e. The molecule has 0 aliphatic heterocycles. The number of hydrazine groups is 1. The Kier molecular flexibility index (Phi) is 7.86. The van der Waals surface area contributed by atoms with E-state index in [1.165, 1.54) is 24.5 Å². The molecular formula is C30H29FN6O3. The molecule has 0 bridgehead atoms. The quantitative estimate of drug-likeness (QED) is 0.223. The number of amides is 2. The Hall–Kier alpha value is -4.99. The molecule has 1 fully saturated rings. The molecule has 0 unspecified atom stereocenters. The van der Waals surface area contributed by atoms with Gasteiger partial charge in [-0.3, -0.25) is 20.4 Å². The van der Waals surface area contributed by atoms with E-state index in [9.17, 15) is 9.59 Å². The van der Waals surface area contributed by atoms with Gasteiger partial charge in [0, 0.05) is 41.6 Å². The minimum atomic E-state index is -0.447. The summed E-state index contributed by atoms with van der Waals surface area (Å²) in [5.41, 5.74) is 13.6. The number of carbonyl (C=O) groups is 2. The number of nitrogen functional groups attached to an aromatic ring is 1. The third kappa shape index (κ3) is 5.85. The molecule has 1 aliphatic carbocycles. The van der Waals surface area contributed by atoms with Gasteiger partial charge in [-0.25, -0.2) is 14.4 Å². The summed E-state index contributed by atoms with van der Waals surface area (Å²) < 4.78 is 23.2. The van der Waals surface area contributed by atoms with Crippen LogP contribution in [0, 0.1) is 5.82 Å². The molecule has 4 aromatic rings. The molecule has 1 saturated carbocycles. The summed E-state index contributed by atoms with van der Waals surface area (Å²) in [6.45, 7) is 1.72. The Balaban J connectivity index is 1.36. The van der Waals surface area contributed by atoms with Crippen LogP contribution in [-0.2, 0) is 9.59 Å². The van der Waals surface area contributed by atoms with Gasteiger partial charge in [-0.15, -0.1) is 0 Å². The molecule has 2 aromatic heterocycles. The number of para-hydroxylation sites is 1. The van der Waals surface area contributed by atoms with Crippen molar-refractivity contribution >= 4 is 28.7 Å². The lowest BCUT2D eigenvalue weighted by atomic mass is 9.90. The standard InChI is InChI=1S/C30H29FN6O3/c1-2-6-26(38)35-36-27(39)15-19-9-11-20(12-10-19)37-17-24(28-29(32)33-18-34-30(28)37)23-14-13-22(16-25(23)31)40-21-7-4-3-5-8-21/h2-8,13-18,20H,9-12H2,1H3,(H,35,38)(H,36,39)(H2,32,33,34). The fourth-order valence-electron chi connectivity index (χ4n) is 4.93. The molecule has 2 amide bonds. The average molecular weight is 541 g/mol. The highest BCUT2D eigenvalue weighted by atomic mass is 19.1. The van der Waals surface area contributed by atoms with Gasteiger partial charge in [-0.2, -0.15) is 0 Å². The van der Waals surface area contributed by atoms with Gasteiger partial charge >= 0.3 is 0 Å². The normalized spacial score (nSPS) is 15.2. The number of rotatable bonds is 6. The van der Waals surface area contributed by atoms with Crippen molar-refractivity contribution in [1.29, 1.82) is 0 Å². The van der Waals surface area contributed by atoms with Crippen LogP contribution < -0.4 is 21.3 Å². The molecular weight excluding hydrogens is 511 g/mol. The zero-order valence-corrected chi connectivity index (χ0v) is 21.9. The summed E-state index contributed by atoms with van der Waals surface area (Å²) >= 11 is 0. The highest BCUT2D eigenvalue weighted by Gasteiger charge is 2.25. The first kappa shape index (κ1) is 26.6. The molecule has 0 radical (unpaired) electrons. The number of benzene rings is 2. The molecule has 40 heavy (non-hydrogen) atoms. The topological polar surface area (TPSA) is 124 Å². The molecule has 0 saturated heterocycles. The van der Waals surface area contributed by atoms with Gasteiger partial charge in [-0.1, -0.05) is 29.8 Å². The van der Waals surface area contributed by atoms with Crippen LogP contribution >= 0.6 is 0 Å². The maximum absolute atomic E-state index is 15.4. The number of halogens is 1. The maximum Gasteiger partial charge on any atom is 0.262 e. The second kappa shape index (κ2) is 11.8. The smallest absolute Gasteiger partial charge is 0.262 e. The van der Waals surface area contributed by atoms with Gasteiger partial charge < -0.3 is 15.0 Å². The zero-order valence-electron chi connectivity index (χ0n) is 21.9. The summed E-state index contributed by atoms with van der Waals surface area (Å²) in [4.78, 5) is 32.3. The first-order chi connectivity index (χ1) is 19.4. The van der Waals surface area contributed by atoms with Crippen molar-refractivity contribution in [3.05, 3.63) is 90.7 Å². The van der Waals surface area contributed by atoms with Crippen LogP contribution in [-0.4, -0.2) is 26.3 Å². The summed E-state index contributed by atoms with van der Waals surface area (Å²) in [5, 5.41) is 0.593. The first-order valence-corrected chi connectivity index (χ1v) is 13.0. The molecule has 0 atom stereocenters. The van der Waals surface area contributed by atoms with Gasteiger partial charge in [-0.05, 0) is 56.9 Å². The minimum absolute atomic E-state index is 0.0731. The van der Waals surface area contributed by atoms with Gasteiger partial charge in [0.1, 0.15) is 35.1 Å². The van der Waals surface area contributed by atoms with Crippen LogP contribution in [0.4, 0.5) is 10.2 Å². The average Bonchev–Trinajstić information content (AvgIpc) is 3.34. The fraction of sp³-hybridized carbons (Fsp3) is 0.200. The Labute approximate surface area is 230 Å². The number of carbonyl (C=O) groups excluding carboxylic acids is 2. The SMILES string of the molecule is CC=CC(=O)NNC(=O)C=C1CCC(n2cc(-c3ccc(Oc4ccccc4)cc3F)c3c(N)ncnc32)CC1. The van der Waals surface area contributed by atoms with Crippen molar-refractivity contribution in [2.45, 2.75) is 38.6 Å². The number of hydrogen-bond acceptors (Lipinski definition) is 6. The van der Waals surface area contributed by atoms with Crippen LogP contribution in [0.5, 0.6) is 11.5 Å². The number of nitrogens with one attached hydrogen (secondary N) is 2. The number of anilines is 1. The van der Waals surface area contributed by atoms with Crippen molar-refractivity contribution in [2.75, 3.05) is 5.73 Å². The van der Waals surface area contributed by atoms with E-state index in [2.05, 4.69) is 20.8 Å². The third-order valence-electron chi connectivity index (χ3n) is 6.80. The van der Waals surface area contributed by atoms with E-state index >= 15 is 4.39 Å². The number of nitrogens with two attached hydrogens (primary N) is 1. The maximum atomic E-state index is 15.4. The molecule has 10 heteroatoms. The molecule has 5 rings (SSSR count). The van der Waals surface area contributed by atoms with Crippen molar-refractivity contribution < 1.29 is 18.7 Å². The molecule has 2 aromatic carbocycles. The van der Waals surface area contributed by atoms with E-state index in [0.29, 0.717) is 46.5 Å². The molecule has 1 aliphatic rings. The van der Waals surface area contributed by atoms with Crippen LogP contribution in [0.15, 0.2) is 84.9 Å². The monoisotopic (exact) mass is 540 g/mol. The summed E-state index contributed by atoms with van der Waals surface area (Å²) in [5.74, 6) is 0.0517. The zero-order chi connectivity index (χ0) is 28.1. The molecule has 2 heterocycles. The highest BCUT2D eigenvalue weighted by Crippen LogP contribution is 2.40. The van der Waals surface area contributed by atoms with Crippen LogP contribution in [0.1, 0.15) is 38.6 Å². The Morgan fingerprint density at radius 2 is 1.77 bits per heavy atom. The Morgan fingerprint density at radius 1 is 1.02 bits per heavy atom. The van der Waals surface area contributed by atoms with Crippen LogP contribution in [0.25, 0.3) is 22.2 Å². The minimum Gasteiger partial charge on any atom is -0.457 e. The lowest BCUT2D eigenvalue weighted by Crippen LogP contribution is -2.40. The van der Waals surface area contributed by atoms with Crippen molar-refractivity contribution in [2.24, 2.45) is 0 Å². The highest BCUT2D eigenvalue weighted by molar-refractivity contribution is 6.01. The van der Waals surface area contributed by atoms with E-state index in [4.69, 9.17) is 10.5 Å². The van der Waals surface area contributed by atoms with Crippen LogP contribution in [0.2, 0.25) is 0 Å². The number of hydrogen-bond donors (Lipinski definition) is 3. The van der Waals surface area contributed by atoms with Gasteiger partial charge in [0.25, 0.3) is 11.8 Å². The van der Waals surface area contributed by atoms with E-state index in [0.717, 1.165) is 18.4 Å². The lowest BCUT2D eigenvalue weighted by molar-refractivity contribution is -0.123. The number of allylic oxidation sites excluding steroid dienone is 2. The number of nitrogens with zero attached hydrogens (tertiary/aromatic N) is 3. The lowest BCUT2D eigenvalue weighted by Gasteiger charge is -2.25. The van der Waals surface area contributed by atoms with Crippen LogP contribution in [0.3, 0.4) is 0 Å². The van der Waals surface area contributed by atoms with Gasteiger partial charge in [0.2, 0.25) is 0 Å². The molecule has 204 valence electrons. The second-order valence-corrected chi connectivity index (χ2v) is 9.48. The van der Waals surface area contributed by atoms with Crippen molar-refractivity contribution in [3.8, 4) is 22.6 Å².